The Morgan fingerprint density at radius 3 is 2.40 bits per heavy atom. The quantitative estimate of drug-likeness (QED) is 0.692. The Morgan fingerprint density at radius 1 is 1.00 bits per heavy atom. The van der Waals surface area contributed by atoms with Gasteiger partial charge in [0, 0.05) is 29.9 Å². The molecule has 4 rings (SSSR count). The zero-order valence-corrected chi connectivity index (χ0v) is 16.2. The van der Waals surface area contributed by atoms with Gasteiger partial charge in [-0.25, -0.2) is 9.97 Å². The minimum atomic E-state index is -0.438. The van der Waals surface area contributed by atoms with Gasteiger partial charge in [0.25, 0.3) is 11.8 Å². The average molecular weight is 403 g/mol. The molecule has 152 valence electrons. The van der Waals surface area contributed by atoms with E-state index in [1.54, 1.807) is 41.3 Å². The maximum Gasteiger partial charge on any atom is 0.278 e. The summed E-state index contributed by atoms with van der Waals surface area (Å²) in [6.45, 7) is 2.28. The molecule has 1 fully saturated rings. The molecule has 3 aromatic rings. The molecule has 0 saturated carbocycles. The molecule has 1 aliphatic rings. The molecule has 0 bridgehead atoms. The third-order valence-corrected chi connectivity index (χ3v) is 4.77. The summed E-state index contributed by atoms with van der Waals surface area (Å²) in [6.07, 6.45) is 1.51. The number of ether oxygens (including phenoxy) is 1. The molecular formula is C22H21N5O3. The van der Waals surface area contributed by atoms with Crippen LogP contribution < -0.4 is 11.1 Å². The van der Waals surface area contributed by atoms with Crippen LogP contribution in [0.25, 0.3) is 11.3 Å². The lowest BCUT2D eigenvalue weighted by atomic mass is 10.1. The minimum absolute atomic E-state index is 0.0313. The van der Waals surface area contributed by atoms with Crippen molar-refractivity contribution in [3.63, 3.8) is 0 Å². The number of carbonyl (C=O) groups is 2. The zero-order valence-electron chi connectivity index (χ0n) is 16.2. The first-order valence-electron chi connectivity index (χ1n) is 9.58. The second kappa shape index (κ2) is 8.71. The summed E-state index contributed by atoms with van der Waals surface area (Å²) in [5, 5.41) is 2.76. The molecule has 0 atom stereocenters. The molecule has 2 aromatic carbocycles. The molecule has 0 aliphatic carbocycles. The lowest BCUT2D eigenvalue weighted by Crippen LogP contribution is -2.40. The summed E-state index contributed by atoms with van der Waals surface area (Å²) in [6, 6.07) is 16.1. The lowest BCUT2D eigenvalue weighted by molar-refractivity contribution is 0.0303. The fraction of sp³-hybridized carbons (Fsp3) is 0.182. The number of nitrogen functional groups attached to an aromatic ring is 1. The molecule has 30 heavy (non-hydrogen) atoms. The van der Waals surface area contributed by atoms with E-state index in [1.807, 2.05) is 18.2 Å². The number of anilines is 2. The number of hydrogen-bond donors (Lipinski definition) is 2. The first-order valence-corrected chi connectivity index (χ1v) is 9.58. The number of morpholine rings is 1. The normalized spacial score (nSPS) is 13.7. The van der Waals surface area contributed by atoms with E-state index in [0.29, 0.717) is 43.2 Å². The van der Waals surface area contributed by atoms with Crippen molar-refractivity contribution in [2.75, 3.05) is 37.4 Å². The van der Waals surface area contributed by atoms with Gasteiger partial charge in [0.2, 0.25) is 0 Å². The van der Waals surface area contributed by atoms with Crippen molar-refractivity contribution >= 4 is 23.3 Å². The van der Waals surface area contributed by atoms with Crippen LogP contribution in [-0.4, -0.2) is 53.0 Å². The van der Waals surface area contributed by atoms with Gasteiger partial charge in [0.05, 0.1) is 25.1 Å². The fourth-order valence-corrected chi connectivity index (χ4v) is 3.15. The molecule has 0 spiro atoms. The third kappa shape index (κ3) is 4.28. The Labute approximate surface area is 173 Å². The van der Waals surface area contributed by atoms with E-state index in [4.69, 9.17) is 10.5 Å². The van der Waals surface area contributed by atoms with Crippen molar-refractivity contribution in [3.05, 3.63) is 72.1 Å². The Bertz CT molecular complexity index is 1050. The van der Waals surface area contributed by atoms with E-state index in [-0.39, 0.29) is 17.4 Å². The van der Waals surface area contributed by atoms with Crippen LogP contribution in [0.2, 0.25) is 0 Å². The Balaban J connectivity index is 1.53. The predicted molar refractivity (Wildman–Crippen MR) is 113 cm³/mol. The van der Waals surface area contributed by atoms with Crippen LogP contribution in [0, 0.1) is 0 Å². The molecule has 0 unspecified atom stereocenters. The smallest absolute Gasteiger partial charge is 0.278 e. The maximum absolute atomic E-state index is 12.6. The van der Waals surface area contributed by atoms with Crippen LogP contribution >= 0.6 is 0 Å². The van der Waals surface area contributed by atoms with Gasteiger partial charge in [0.1, 0.15) is 0 Å². The monoisotopic (exact) mass is 403 g/mol. The van der Waals surface area contributed by atoms with Gasteiger partial charge in [-0.2, -0.15) is 0 Å². The van der Waals surface area contributed by atoms with Crippen LogP contribution in [0.3, 0.4) is 0 Å². The highest BCUT2D eigenvalue weighted by Gasteiger charge is 2.19. The van der Waals surface area contributed by atoms with E-state index in [2.05, 4.69) is 15.3 Å². The first kappa shape index (κ1) is 19.5. The number of para-hydroxylation sites is 1. The molecule has 2 amide bonds. The van der Waals surface area contributed by atoms with Gasteiger partial charge >= 0.3 is 0 Å². The molecule has 1 aliphatic heterocycles. The van der Waals surface area contributed by atoms with Crippen molar-refractivity contribution in [1.82, 2.24) is 14.9 Å². The van der Waals surface area contributed by atoms with Crippen LogP contribution in [0.15, 0.2) is 60.8 Å². The van der Waals surface area contributed by atoms with Gasteiger partial charge in [0.15, 0.2) is 11.5 Å². The van der Waals surface area contributed by atoms with Gasteiger partial charge in [-0.1, -0.05) is 30.3 Å². The molecule has 2 heterocycles. The van der Waals surface area contributed by atoms with Gasteiger partial charge in [-0.15, -0.1) is 0 Å². The van der Waals surface area contributed by atoms with E-state index in [0.717, 1.165) is 5.56 Å². The molecule has 3 N–H and O–H groups in total. The second-order valence-electron chi connectivity index (χ2n) is 6.79. The van der Waals surface area contributed by atoms with E-state index in [1.165, 1.54) is 6.20 Å². The lowest BCUT2D eigenvalue weighted by Gasteiger charge is -2.26. The van der Waals surface area contributed by atoms with Crippen LogP contribution in [0.1, 0.15) is 20.8 Å². The van der Waals surface area contributed by atoms with Gasteiger partial charge in [-0.3, -0.25) is 9.59 Å². The van der Waals surface area contributed by atoms with Crippen molar-refractivity contribution in [1.29, 1.82) is 0 Å². The zero-order chi connectivity index (χ0) is 20.9. The van der Waals surface area contributed by atoms with Crippen LogP contribution in [-0.2, 0) is 4.74 Å². The van der Waals surface area contributed by atoms with Gasteiger partial charge in [-0.05, 0) is 24.3 Å². The second-order valence-corrected chi connectivity index (χ2v) is 6.79. The maximum atomic E-state index is 12.6. The topological polar surface area (TPSA) is 110 Å². The van der Waals surface area contributed by atoms with Crippen molar-refractivity contribution in [2.45, 2.75) is 0 Å². The number of hydrogen-bond acceptors (Lipinski definition) is 6. The Kier molecular flexibility index (Phi) is 5.67. The summed E-state index contributed by atoms with van der Waals surface area (Å²) in [7, 11) is 0. The Hall–Kier alpha value is -3.78. The number of rotatable bonds is 4. The summed E-state index contributed by atoms with van der Waals surface area (Å²) in [5.41, 5.74) is 8.37. The molecule has 0 radical (unpaired) electrons. The SMILES string of the molecule is Nc1ncc(-c2ccc(C(=O)N3CCOCC3)cc2)nc1C(=O)Nc1ccccc1. The highest BCUT2D eigenvalue weighted by atomic mass is 16.5. The number of amides is 2. The summed E-state index contributed by atoms with van der Waals surface area (Å²) >= 11 is 0. The largest absolute Gasteiger partial charge is 0.382 e. The first-order chi connectivity index (χ1) is 14.6. The number of benzene rings is 2. The number of carbonyl (C=O) groups excluding carboxylic acids is 2. The molecule has 1 aromatic heterocycles. The molecule has 8 nitrogen and oxygen atoms in total. The minimum Gasteiger partial charge on any atom is -0.382 e. The molecular weight excluding hydrogens is 382 g/mol. The highest BCUT2D eigenvalue weighted by Crippen LogP contribution is 2.21. The molecule has 1 saturated heterocycles. The predicted octanol–water partition coefficient (Wildman–Crippen LogP) is 2.45. The Morgan fingerprint density at radius 2 is 1.70 bits per heavy atom. The summed E-state index contributed by atoms with van der Waals surface area (Å²) < 4.78 is 5.29. The van der Waals surface area contributed by atoms with E-state index in [9.17, 15) is 9.59 Å². The van der Waals surface area contributed by atoms with Gasteiger partial charge < -0.3 is 20.7 Å². The third-order valence-electron chi connectivity index (χ3n) is 4.77. The number of nitrogens with zero attached hydrogens (tertiary/aromatic N) is 3. The average Bonchev–Trinajstić information content (AvgIpc) is 2.80. The standard InChI is InChI=1S/C22H21N5O3/c23-20-19(21(28)25-17-4-2-1-3-5-17)26-18(14-24-20)15-6-8-16(9-7-15)22(29)27-10-12-30-13-11-27/h1-9,14H,10-13H2,(H2,23,24)(H,25,28). The van der Waals surface area contributed by atoms with E-state index < -0.39 is 5.91 Å². The summed E-state index contributed by atoms with van der Waals surface area (Å²) in [4.78, 5) is 35.4. The number of aromatic nitrogens is 2. The fourth-order valence-electron chi connectivity index (χ4n) is 3.15. The summed E-state index contributed by atoms with van der Waals surface area (Å²) in [5.74, 6) is -0.422. The van der Waals surface area contributed by atoms with Crippen molar-refractivity contribution < 1.29 is 14.3 Å². The number of nitrogens with two attached hydrogens (primary N) is 1. The van der Waals surface area contributed by atoms with Crippen LogP contribution in [0.5, 0.6) is 0 Å². The van der Waals surface area contributed by atoms with Crippen molar-refractivity contribution in [2.24, 2.45) is 0 Å². The molecule has 8 heteroatoms. The van der Waals surface area contributed by atoms with Crippen LogP contribution in [0.4, 0.5) is 11.5 Å². The van der Waals surface area contributed by atoms with Crippen molar-refractivity contribution in [3.8, 4) is 11.3 Å². The highest BCUT2D eigenvalue weighted by molar-refractivity contribution is 6.06. The number of nitrogens with one attached hydrogen (secondary N) is 1. The van der Waals surface area contributed by atoms with E-state index >= 15 is 0 Å².